The zero-order valence-corrected chi connectivity index (χ0v) is 40.4. The minimum Gasteiger partial charge on any atom is -0.449 e. The molecule has 14 heteroatoms. The molecule has 4 aromatic carbocycles. The van der Waals surface area contributed by atoms with Crippen LogP contribution in [0.1, 0.15) is 44.2 Å². The molecule has 1 N–H and O–H groups in total. The fraction of sp³-hybridized carbons (Fsp3) is 0.519. The van der Waals surface area contributed by atoms with E-state index in [1.807, 2.05) is 24.3 Å². The Balaban J connectivity index is 0.713. The molecular formula is C52H73NO12Si. The summed E-state index contributed by atoms with van der Waals surface area (Å²) in [5.74, 6) is 0.0468. The first-order chi connectivity index (χ1) is 32.4. The van der Waals surface area contributed by atoms with E-state index < -0.39 is 14.4 Å². The summed E-state index contributed by atoms with van der Waals surface area (Å²) in [7, 11) is -2.55. The number of hydrogen-bond acceptors (Lipinski definition) is 12. The number of fused-ring (bicyclic) bond motifs is 3. The highest BCUT2D eigenvalue weighted by atomic mass is 28.4. The second-order valence-corrected chi connectivity index (χ2v) is 20.9. The summed E-state index contributed by atoms with van der Waals surface area (Å²) in [6.07, 6.45) is 0.267. The maximum atomic E-state index is 12.3. The Morgan fingerprint density at radius 3 is 1.17 bits per heavy atom. The van der Waals surface area contributed by atoms with E-state index in [0.717, 1.165) is 0 Å². The molecule has 13 nitrogen and oxygen atoms in total. The van der Waals surface area contributed by atoms with Gasteiger partial charge in [-0.1, -0.05) is 130 Å². The smallest absolute Gasteiger partial charge is 0.407 e. The van der Waals surface area contributed by atoms with Gasteiger partial charge in [0.1, 0.15) is 6.61 Å². The lowest BCUT2D eigenvalue weighted by Gasteiger charge is -2.43. The topological polar surface area (TPSA) is 131 Å². The van der Waals surface area contributed by atoms with Gasteiger partial charge in [0, 0.05) is 19.1 Å². The molecule has 0 saturated heterocycles. The quantitative estimate of drug-likeness (QED) is 0.0388. The molecule has 0 radical (unpaired) electrons. The highest BCUT2D eigenvalue weighted by Gasteiger charge is 2.50. The van der Waals surface area contributed by atoms with Gasteiger partial charge in [-0.25, -0.2) is 4.79 Å². The van der Waals surface area contributed by atoms with Crippen molar-refractivity contribution in [3.05, 3.63) is 120 Å². The van der Waals surface area contributed by atoms with Crippen LogP contribution >= 0.6 is 0 Å². The molecule has 1 aliphatic rings. The summed E-state index contributed by atoms with van der Waals surface area (Å²) in [6.45, 7) is 17.0. The van der Waals surface area contributed by atoms with E-state index in [4.69, 9.17) is 51.8 Å². The van der Waals surface area contributed by atoms with Crippen LogP contribution in [-0.2, 0) is 51.8 Å². The molecule has 0 atom stereocenters. The number of benzene rings is 4. The second kappa shape index (κ2) is 31.1. The van der Waals surface area contributed by atoms with Crippen LogP contribution in [0.4, 0.5) is 4.79 Å². The Labute approximate surface area is 393 Å². The number of rotatable bonds is 36. The third-order valence-electron chi connectivity index (χ3n) is 11.0. The first-order valence-electron chi connectivity index (χ1n) is 23.5. The molecule has 0 heterocycles. The first kappa shape index (κ1) is 52.9. The lowest BCUT2D eigenvalue weighted by Crippen LogP contribution is -2.66. The molecule has 4 aromatic rings. The Hall–Kier alpha value is -4.03. The Bertz CT molecular complexity index is 1800. The highest BCUT2D eigenvalue weighted by Crippen LogP contribution is 2.44. The van der Waals surface area contributed by atoms with E-state index in [1.165, 1.54) is 32.6 Å². The molecule has 0 fully saturated rings. The summed E-state index contributed by atoms with van der Waals surface area (Å²) < 4.78 is 63.0. The number of carbonyl (C=O) groups excluding carboxylic acids is 1. The van der Waals surface area contributed by atoms with E-state index in [9.17, 15) is 4.79 Å². The van der Waals surface area contributed by atoms with Gasteiger partial charge in [-0.15, -0.1) is 0 Å². The van der Waals surface area contributed by atoms with E-state index in [1.54, 1.807) is 0 Å². The zero-order valence-electron chi connectivity index (χ0n) is 39.4. The van der Waals surface area contributed by atoms with Crippen molar-refractivity contribution in [2.24, 2.45) is 0 Å². The van der Waals surface area contributed by atoms with Crippen molar-refractivity contribution in [3.8, 4) is 11.1 Å². The van der Waals surface area contributed by atoms with Gasteiger partial charge in [-0.05, 0) is 44.1 Å². The van der Waals surface area contributed by atoms with Crippen molar-refractivity contribution in [1.29, 1.82) is 0 Å². The molecular weight excluding hydrogens is 859 g/mol. The van der Waals surface area contributed by atoms with Crippen molar-refractivity contribution in [3.63, 3.8) is 0 Å². The van der Waals surface area contributed by atoms with Gasteiger partial charge in [-0.2, -0.15) is 0 Å². The summed E-state index contributed by atoms with van der Waals surface area (Å²) in [5.41, 5.74) is 4.81. The van der Waals surface area contributed by atoms with Crippen LogP contribution in [0.5, 0.6) is 0 Å². The number of ether oxygens (including phenoxy) is 10. The van der Waals surface area contributed by atoms with Crippen molar-refractivity contribution < 1.29 is 56.6 Å². The van der Waals surface area contributed by atoms with Gasteiger partial charge in [0.2, 0.25) is 0 Å². The molecule has 0 spiro atoms. The predicted molar refractivity (Wildman–Crippen MR) is 259 cm³/mol. The fourth-order valence-corrected chi connectivity index (χ4v) is 12.4. The highest BCUT2D eigenvalue weighted by molar-refractivity contribution is 6.99. The van der Waals surface area contributed by atoms with E-state index in [2.05, 4.69) is 111 Å². The minimum absolute atomic E-state index is 0.0468. The summed E-state index contributed by atoms with van der Waals surface area (Å²) >= 11 is 0. The Morgan fingerprint density at radius 2 is 0.788 bits per heavy atom. The standard InChI is InChI=1S/C52H73NO12Si/c1-52(2,3)66(44-15-6-4-7-16-44,45-17-8-5-9-18-45)65-42-41-63-40-39-62-38-37-61-36-35-60-34-33-59-32-31-58-30-29-57-28-27-56-26-25-55-24-14-23-53-51(54)64-43-50-48-21-12-10-19-46(48)47-20-11-13-22-49(47)50/h4-13,15-22,50H,14,23-43H2,1-3H3,(H,53,54). The third kappa shape index (κ3) is 17.9. The molecule has 362 valence electrons. The van der Waals surface area contributed by atoms with Crippen LogP contribution in [0.15, 0.2) is 109 Å². The van der Waals surface area contributed by atoms with Crippen molar-refractivity contribution in [2.75, 3.05) is 139 Å². The molecule has 0 aliphatic heterocycles. The molecule has 66 heavy (non-hydrogen) atoms. The molecule has 1 amide bonds. The first-order valence-corrected chi connectivity index (χ1v) is 25.4. The van der Waals surface area contributed by atoms with Crippen LogP contribution in [0, 0.1) is 0 Å². The zero-order chi connectivity index (χ0) is 46.4. The van der Waals surface area contributed by atoms with Crippen LogP contribution in [0.3, 0.4) is 0 Å². The number of nitrogens with one attached hydrogen (secondary N) is 1. The molecule has 0 aromatic heterocycles. The minimum atomic E-state index is -2.55. The maximum absolute atomic E-state index is 12.3. The molecule has 0 saturated carbocycles. The lowest BCUT2D eigenvalue weighted by atomic mass is 9.98. The molecule has 0 bridgehead atoms. The van der Waals surface area contributed by atoms with Gasteiger partial charge in [0.05, 0.1) is 119 Å². The molecule has 1 aliphatic carbocycles. The number of alkyl carbamates (subject to hydrolysis) is 1. The Morgan fingerprint density at radius 1 is 0.455 bits per heavy atom. The average molecular weight is 932 g/mol. The monoisotopic (exact) mass is 931 g/mol. The fourth-order valence-electron chi connectivity index (χ4n) is 7.89. The SMILES string of the molecule is CC(C)(C)[Si](OCCOCCOCCOCCOCCOCCOCCOCCOCCOCCCNC(=O)OCC1c2ccccc2-c2ccccc21)(c1ccccc1)c1ccccc1. The van der Waals surface area contributed by atoms with Crippen LogP contribution in [0.25, 0.3) is 11.1 Å². The average Bonchev–Trinajstić information content (AvgIpc) is 3.66. The van der Waals surface area contributed by atoms with Gasteiger partial charge < -0.3 is 57.1 Å². The number of carbonyl (C=O) groups is 1. The second-order valence-electron chi connectivity index (χ2n) is 16.6. The Kier molecular flexibility index (Phi) is 24.9. The summed E-state index contributed by atoms with van der Waals surface area (Å²) in [4.78, 5) is 12.3. The molecule has 0 unspecified atom stereocenters. The number of amides is 1. The number of hydrogen-bond donors (Lipinski definition) is 1. The van der Waals surface area contributed by atoms with Crippen molar-refractivity contribution >= 4 is 24.8 Å². The van der Waals surface area contributed by atoms with Gasteiger partial charge in [-0.3, -0.25) is 0 Å². The predicted octanol–water partition coefficient (Wildman–Crippen LogP) is 6.64. The third-order valence-corrected chi connectivity index (χ3v) is 16.1. The van der Waals surface area contributed by atoms with Crippen LogP contribution in [0.2, 0.25) is 5.04 Å². The van der Waals surface area contributed by atoms with Crippen molar-refractivity contribution in [2.45, 2.75) is 38.1 Å². The van der Waals surface area contributed by atoms with Crippen LogP contribution < -0.4 is 15.7 Å². The van der Waals surface area contributed by atoms with E-state index in [-0.39, 0.29) is 11.0 Å². The largest absolute Gasteiger partial charge is 0.449 e. The summed E-state index contributed by atoms with van der Waals surface area (Å²) in [6, 6.07) is 37.9. The molecule has 5 rings (SSSR count). The van der Waals surface area contributed by atoms with Crippen molar-refractivity contribution in [1.82, 2.24) is 5.32 Å². The van der Waals surface area contributed by atoms with Gasteiger partial charge in [0.25, 0.3) is 8.32 Å². The van der Waals surface area contributed by atoms with Gasteiger partial charge >= 0.3 is 6.09 Å². The maximum Gasteiger partial charge on any atom is 0.407 e. The van der Waals surface area contributed by atoms with E-state index in [0.29, 0.717) is 145 Å². The van der Waals surface area contributed by atoms with Crippen LogP contribution in [-0.4, -0.2) is 153 Å². The normalized spacial score (nSPS) is 12.6. The lowest BCUT2D eigenvalue weighted by molar-refractivity contribution is -0.0254. The summed E-state index contributed by atoms with van der Waals surface area (Å²) in [5, 5.41) is 5.28. The van der Waals surface area contributed by atoms with Gasteiger partial charge in [0.15, 0.2) is 0 Å². The van der Waals surface area contributed by atoms with E-state index >= 15 is 0 Å².